The molecule has 3 rings (SSSR count). The Morgan fingerprint density at radius 1 is 1.64 bits per heavy atom. The maximum Gasteiger partial charge on any atom is 0.100 e. The van der Waals surface area contributed by atoms with Crippen molar-refractivity contribution in [2.75, 3.05) is 0 Å². The van der Waals surface area contributed by atoms with Crippen LogP contribution in [0.25, 0.3) is 0 Å². The van der Waals surface area contributed by atoms with Gasteiger partial charge in [0.1, 0.15) is 5.54 Å². The quantitative estimate of drug-likeness (QED) is 0.533. The molecule has 0 spiro atoms. The summed E-state index contributed by atoms with van der Waals surface area (Å²) >= 11 is 1.87. The third-order valence-electron chi connectivity index (χ3n) is 2.77. The third kappa shape index (κ3) is 0.539. The SMILES string of the molecule is CC1=CC23CC2(C=C1)SC=N3. The number of rotatable bonds is 0. The van der Waals surface area contributed by atoms with E-state index in [-0.39, 0.29) is 5.54 Å². The molecular weight excluding hydrogens is 154 g/mol. The zero-order valence-electron chi connectivity index (χ0n) is 6.37. The van der Waals surface area contributed by atoms with Gasteiger partial charge in [-0.25, -0.2) is 0 Å². The summed E-state index contributed by atoms with van der Waals surface area (Å²) in [5, 5.41) is 0. The summed E-state index contributed by atoms with van der Waals surface area (Å²) < 4.78 is 0.354. The largest absolute Gasteiger partial charge is 0.274 e. The maximum absolute atomic E-state index is 4.52. The average molecular weight is 163 g/mol. The Bertz CT molecular complexity index is 316. The van der Waals surface area contributed by atoms with E-state index in [4.69, 9.17) is 0 Å². The van der Waals surface area contributed by atoms with Crippen LogP contribution in [-0.4, -0.2) is 15.8 Å². The van der Waals surface area contributed by atoms with Crippen LogP contribution >= 0.6 is 11.8 Å². The van der Waals surface area contributed by atoms with Crippen LogP contribution in [0, 0.1) is 0 Å². The highest BCUT2D eigenvalue weighted by Gasteiger charge is 2.68. The Hall–Kier alpha value is -0.500. The van der Waals surface area contributed by atoms with Gasteiger partial charge in [0.05, 0.1) is 10.3 Å². The van der Waals surface area contributed by atoms with E-state index in [1.165, 1.54) is 12.0 Å². The van der Waals surface area contributed by atoms with Gasteiger partial charge >= 0.3 is 0 Å². The van der Waals surface area contributed by atoms with E-state index >= 15 is 0 Å². The third-order valence-corrected chi connectivity index (χ3v) is 4.03. The minimum atomic E-state index is 0.191. The average Bonchev–Trinajstić information content (AvgIpc) is 2.47. The lowest BCUT2D eigenvalue weighted by molar-refractivity contribution is 0.825. The van der Waals surface area contributed by atoms with E-state index in [0.717, 1.165) is 0 Å². The molecule has 1 heterocycles. The van der Waals surface area contributed by atoms with Crippen molar-refractivity contribution in [1.82, 2.24) is 0 Å². The molecule has 3 aliphatic rings. The molecule has 0 amide bonds. The molecule has 0 aromatic carbocycles. The molecule has 1 saturated carbocycles. The fourth-order valence-corrected chi connectivity index (χ4v) is 3.21. The number of allylic oxidation sites excluding steroid dienone is 2. The molecule has 0 N–H and O–H groups in total. The van der Waals surface area contributed by atoms with Crippen molar-refractivity contribution in [3.05, 3.63) is 23.8 Å². The van der Waals surface area contributed by atoms with E-state index in [9.17, 15) is 0 Å². The molecule has 2 heteroatoms. The van der Waals surface area contributed by atoms with Gasteiger partial charge in [0.15, 0.2) is 0 Å². The first-order chi connectivity index (χ1) is 5.27. The standard InChI is InChI=1S/C9H9NS/c1-7-2-3-9-5-8(9,4-7)10-6-11-9/h2-4,6H,5H2,1H3. The first-order valence-electron chi connectivity index (χ1n) is 3.87. The monoisotopic (exact) mass is 163 g/mol. The number of hydrogen-bond acceptors (Lipinski definition) is 2. The predicted molar refractivity (Wildman–Crippen MR) is 49.1 cm³/mol. The normalized spacial score (nSPS) is 50.1. The number of aliphatic imine (C=N–C) groups is 1. The van der Waals surface area contributed by atoms with E-state index < -0.39 is 0 Å². The minimum absolute atomic E-state index is 0.191. The second-order valence-corrected chi connectivity index (χ2v) is 4.74. The lowest BCUT2D eigenvalue weighted by atomic mass is 10.0. The topological polar surface area (TPSA) is 12.4 Å². The van der Waals surface area contributed by atoms with Gasteiger partial charge in [0.2, 0.25) is 0 Å². The molecule has 0 bridgehead atoms. The van der Waals surface area contributed by atoms with Gasteiger partial charge in [0.25, 0.3) is 0 Å². The van der Waals surface area contributed by atoms with Crippen LogP contribution in [-0.2, 0) is 0 Å². The molecule has 1 nitrogen and oxygen atoms in total. The first-order valence-corrected chi connectivity index (χ1v) is 4.75. The van der Waals surface area contributed by atoms with Gasteiger partial charge in [-0.1, -0.05) is 23.8 Å². The molecule has 0 aromatic rings. The lowest BCUT2D eigenvalue weighted by Gasteiger charge is -2.12. The summed E-state index contributed by atoms with van der Waals surface area (Å²) in [5.41, 5.74) is 3.55. The summed E-state index contributed by atoms with van der Waals surface area (Å²) in [7, 11) is 0. The van der Waals surface area contributed by atoms with Crippen molar-refractivity contribution >= 4 is 17.3 Å². The molecule has 0 radical (unpaired) electrons. The Kier molecular flexibility index (Phi) is 0.819. The van der Waals surface area contributed by atoms with Gasteiger partial charge in [-0.15, -0.1) is 11.8 Å². The van der Waals surface area contributed by atoms with E-state index in [0.29, 0.717) is 4.75 Å². The Morgan fingerprint density at radius 2 is 2.55 bits per heavy atom. The van der Waals surface area contributed by atoms with Crippen LogP contribution in [0.5, 0.6) is 0 Å². The maximum atomic E-state index is 4.52. The van der Waals surface area contributed by atoms with Gasteiger partial charge in [-0.3, -0.25) is 4.99 Å². The van der Waals surface area contributed by atoms with E-state index in [2.05, 4.69) is 30.1 Å². The van der Waals surface area contributed by atoms with Crippen LogP contribution < -0.4 is 0 Å². The highest BCUT2D eigenvalue weighted by molar-refractivity contribution is 8.14. The summed E-state index contributed by atoms with van der Waals surface area (Å²) in [5.74, 6) is 0. The Labute approximate surface area is 70.3 Å². The fraction of sp³-hybridized carbons (Fsp3) is 0.444. The van der Waals surface area contributed by atoms with Crippen LogP contribution in [0.3, 0.4) is 0 Å². The van der Waals surface area contributed by atoms with Crippen molar-refractivity contribution in [3.63, 3.8) is 0 Å². The molecule has 11 heavy (non-hydrogen) atoms. The molecule has 0 aromatic heterocycles. The van der Waals surface area contributed by atoms with E-state index in [1.54, 1.807) is 0 Å². The first kappa shape index (κ1) is 6.06. The highest BCUT2D eigenvalue weighted by Crippen LogP contribution is 2.66. The van der Waals surface area contributed by atoms with Crippen LogP contribution in [0.2, 0.25) is 0 Å². The highest BCUT2D eigenvalue weighted by atomic mass is 32.2. The lowest BCUT2D eigenvalue weighted by Crippen LogP contribution is -2.15. The molecule has 0 saturated heterocycles. The second-order valence-electron chi connectivity index (χ2n) is 3.56. The van der Waals surface area contributed by atoms with Crippen molar-refractivity contribution in [1.29, 1.82) is 0 Å². The molecule has 1 aliphatic heterocycles. The summed E-state index contributed by atoms with van der Waals surface area (Å²) in [4.78, 5) is 4.52. The van der Waals surface area contributed by atoms with Gasteiger partial charge in [-0.2, -0.15) is 0 Å². The molecule has 2 unspecified atom stereocenters. The number of hydrogen-bond donors (Lipinski definition) is 0. The van der Waals surface area contributed by atoms with Crippen molar-refractivity contribution < 1.29 is 0 Å². The molecule has 1 fully saturated rings. The number of nitrogens with zero attached hydrogens (tertiary/aromatic N) is 1. The van der Waals surface area contributed by atoms with Gasteiger partial charge in [0, 0.05) is 0 Å². The predicted octanol–water partition coefficient (Wildman–Crippen LogP) is 2.16. The minimum Gasteiger partial charge on any atom is -0.274 e. The zero-order chi connectivity index (χ0) is 7.53. The number of thioether (sulfide) groups is 1. The zero-order valence-corrected chi connectivity index (χ0v) is 7.19. The smallest absolute Gasteiger partial charge is 0.100 e. The fourth-order valence-electron chi connectivity index (χ4n) is 2.01. The molecule has 56 valence electrons. The van der Waals surface area contributed by atoms with Gasteiger partial charge in [-0.05, 0) is 13.3 Å². The summed E-state index contributed by atoms with van der Waals surface area (Å²) in [6.07, 6.45) is 8.06. The summed E-state index contributed by atoms with van der Waals surface area (Å²) in [6.45, 7) is 2.14. The molecule has 2 atom stereocenters. The van der Waals surface area contributed by atoms with Crippen LogP contribution in [0.15, 0.2) is 28.8 Å². The summed E-state index contributed by atoms with van der Waals surface area (Å²) in [6, 6.07) is 0. The molecule has 2 aliphatic carbocycles. The Morgan fingerprint density at radius 3 is 3.45 bits per heavy atom. The van der Waals surface area contributed by atoms with Crippen molar-refractivity contribution in [2.24, 2.45) is 4.99 Å². The van der Waals surface area contributed by atoms with Crippen molar-refractivity contribution in [3.8, 4) is 0 Å². The van der Waals surface area contributed by atoms with Crippen molar-refractivity contribution in [2.45, 2.75) is 23.6 Å². The van der Waals surface area contributed by atoms with Crippen LogP contribution in [0.1, 0.15) is 13.3 Å². The second kappa shape index (κ2) is 1.48. The van der Waals surface area contributed by atoms with Crippen LogP contribution in [0.4, 0.5) is 0 Å². The molecular formula is C9H9NS. The Balaban J connectivity index is 2.16. The van der Waals surface area contributed by atoms with Gasteiger partial charge < -0.3 is 0 Å². The van der Waals surface area contributed by atoms with E-state index in [1.807, 2.05) is 17.3 Å².